The predicted octanol–water partition coefficient (Wildman–Crippen LogP) is 0.497. The van der Waals surface area contributed by atoms with Gasteiger partial charge in [0.05, 0.1) is 11.5 Å². The number of ether oxygens (including phenoxy) is 1. The molecule has 1 fully saturated rings. The summed E-state index contributed by atoms with van der Waals surface area (Å²) in [6, 6.07) is 5.27. The summed E-state index contributed by atoms with van der Waals surface area (Å²) < 4.78 is 29.7. The van der Waals surface area contributed by atoms with Gasteiger partial charge in [0.2, 0.25) is 0 Å². The largest absolute Gasteiger partial charge is 0.446 e. The maximum absolute atomic E-state index is 12.2. The van der Waals surface area contributed by atoms with E-state index in [0.29, 0.717) is 4.31 Å². The first-order valence-corrected chi connectivity index (χ1v) is 6.79. The first-order chi connectivity index (χ1) is 8.46. The van der Waals surface area contributed by atoms with Crippen LogP contribution in [0.4, 0.5) is 4.79 Å². The highest BCUT2D eigenvalue weighted by molar-refractivity contribution is 7.89. The van der Waals surface area contributed by atoms with E-state index in [4.69, 9.17) is 5.11 Å². The lowest BCUT2D eigenvalue weighted by molar-refractivity contribution is 0.169. The number of aryl methyl sites for hydroxylation is 1. The molecule has 98 valence electrons. The highest BCUT2D eigenvalue weighted by atomic mass is 32.2. The molecule has 1 N–H and O–H groups in total. The number of rotatable bonds is 3. The normalized spacial score (nSPS) is 20.0. The Morgan fingerprint density at radius 2 is 2.00 bits per heavy atom. The van der Waals surface area contributed by atoms with Gasteiger partial charge in [-0.3, -0.25) is 0 Å². The Bertz CT molecular complexity index is 551. The van der Waals surface area contributed by atoms with Crippen LogP contribution in [0.15, 0.2) is 29.2 Å². The van der Waals surface area contributed by atoms with Crippen molar-refractivity contribution in [2.45, 2.75) is 17.9 Å². The molecular formula is C11H13NO5S. The topological polar surface area (TPSA) is 83.9 Å². The summed E-state index contributed by atoms with van der Waals surface area (Å²) in [5, 5.41) is 9.07. The lowest BCUT2D eigenvalue weighted by Crippen LogP contribution is -2.40. The minimum atomic E-state index is -3.97. The molecule has 0 aromatic heterocycles. The summed E-state index contributed by atoms with van der Waals surface area (Å²) in [6.45, 7) is 1.24. The van der Waals surface area contributed by atoms with Crippen LogP contribution in [0.5, 0.6) is 0 Å². The zero-order valence-electron chi connectivity index (χ0n) is 9.74. The van der Waals surface area contributed by atoms with Crippen LogP contribution in [0.25, 0.3) is 0 Å². The number of amides is 1. The molecule has 1 aromatic carbocycles. The SMILES string of the molecule is Cc1ccc(S(=O)(=O)N2C(=O)OCC2CO)cc1. The smallest absolute Gasteiger partial charge is 0.424 e. The van der Waals surface area contributed by atoms with Crippen LogP contribution >= 0.6 is 0 Å². The van der Waals surface area contributed by atoms with Gasteiger partial charge in [-0.15, -0.1) is 0 Å². The van der Waals surface area contributed by atoms with Crippen molar-refractivity contribution >= 4 is 16.1 Å². The molecule has 0 bridgehead atoms. The van der Waals surface area contributed by atoms with Crippen LogP contribution in [0.3, 0.4) is 0 Å². The predicted molar refractivity (Wildman–Crippen MR) is 62.4 cm³/mol. The third-order valence-corrected chi connectivity index (χ3v) is 4.53. The Balaban J connectivity index is 2.41. The average Bonchev–Trinajstić information content (AvgIpc) is 2.71. The summed E-state index contributed by atoms with van der Waals surface area (Å²) in [6.07, 6.45) is -0.949. The van der Waals surface area contributed by atoms with Gasteiger partial charge in [-0.05, 0) is 19.1 Å². The molecule has 2 rings (SSSR count). The summed E-state index contributed by atoms with van der Waals surface area (Å²) in [5.74, 6) is 0. The van der Waals surface area contributed by atoms with Crippen molar-refractivity contribution in [3.8, 4) is 0 Å². The molecule has 1 saturated heterocycles. The Hall–Kier alpha value is -1.60. The molecule has 0 saturated carbocycles. The van der Waals surface area contributed by atoms with E-state index in [0.717, 1.165) is 5.56 Å². The highest BCUT2D eigenvalue weighted by Crippen LogP contribution is 2.23. The molecule has 1 aliphatic rings. The first kappa shape index (κ1) is 12.8. The summed E-state index contributed by atoms with van der Waals surface area (Å²) in [5.41, 5.74) is 0.914. The maximum Gasteiger partial charge on any atom is 0.424 e. The van der Waals surface area contributed by atoms with Crippen molar-refractivity contribution in [2.75, 3.05) is 13.2 Å². The Labute approximate surface area is 105 Å². The van der Waals surface area contributed by atoms with Gasteiger partial charge in [-0.1, -0.05) is 17.7 Å². The van der Waals surface area contributed by atoms with Crippen LogP contribution in [-0.4, -0.2) is 43.2 Å². The molecule has 1 aliphatic heterocycles. The number of cyclic esters (lactones) is 1. The maximum atomic E-state index is 12.2. The Kier molecular flexibility index (Phi) is 3.27. The van der Waals surface area contributed by atoms with E-state index in [1.54, 1.807) is 12.1 Å². The van der Waals surface area contributed by atoms with E-state index in [1.807, 2.05) is 6.92 Å². The Morgan fingerprint density at radius 3 is 2.56 bits per heavy atom. The van der Waals surface area contributed by atoms with E-state index in [1.165, 1.54) is 12.1 Å². The van der Waals surface area contributed by atoms with Gasteiger partial charge in [-0.2, -0.15) is 4.31 Å². The minimum absolute atomic E-state index is 0.00500. The van der Waals surface area contributed by atoms with Gasteiger partial charge >= 0.3 is 6.09 Å². The van der Waals surface area contributed by atoms with Gasteiger partial charge in [0, 0.05) is 0 Å². The fourth-order valence-electron chi connectivity index (χ4n) is 1.69. The Morgan fingerprint density at radius 1 is 1.39 bits per heavy atom. The minimum Gasteiger partial charge on any atom is -0.446 e. The fraction of sp³-hybridized carbons (Fsp3) is 0.364. The van der Waals surface area contributed by atoms with Crippen LogP contribution < -0.4 is 0 Å². The van der Waals surface area contributed by atoms with E-state index < -0.39 is 28.8 Å². The van der Waals surface area contributed by atoms with Gasteiger partial charge in [0.25, 0.3) is 10.0 Å². The second-order valence-electron chi connectivity index (χ2n) is 4.03. The number of carbonyl (C=O) groups excluding carboxylic acids is 1. The quantitative estimate of drug-likeness (QED) is 0.865. The number of hydrogen-bond acceptors (Lipinski definition) is 5. The molecule has 6 nitrogen and oxygen atoms in total. The second-order valence-corrected chi connectivity index (χ2v) is 5.84. The van der Waals surface area contributed by atoms with Crippen molar-refractivity contribution < 1.29 is 23.1 Å². The number of aliphatic hydroxyl groups excluding tert-OH is 1. The molecule has 1 heterocycles. The van der Waals surface area contributed by atoms with Crippen molar-refractivity contribution in [3.63, 3.8) is 0 Å². The zero-order chi connectivity index (χ0) is 13.3. The van der Waals surface area contributed by atoms with Gasteiger partial charge in [0.15, 0.2) is 0 Å². The van der Waals surface area contributed by atoms with Crippen molar-refractivity contribution in [3.05, 3.63) is 29.8 Å². The lowest BCUT2D eigenvalue weighted by atomic mass is 10.2. The van der Waals surface area contributed by atoms with E-state index in [9.17, 15) is 13.2 Å². The molecule has 0 aliphatic carbocycles. The number of benzene rings is 1. The van der Waals surface area contributed by atoms with Crippen LogP contribution in [0, 0.1) is 6.92 Å². The molecule has 18 heavy (non-hydrogen) atoms. The summed E-state index contributed by atoms with van der Waals surface area (Å²) in [4.78, 5) is 11.4. The number of hydrogen-bond donors (Lipinski definition) is 1. The molecule has 7 heteroatoms. The number of nitrogens with zero attached hydrogens (tertiary/aromatic N) is 1. The molecule has 1 unspecified atom stereocenters. The molecule has 0 spiro atoms. The molecular weight excluding hydrogens is 258 g/mol. The first-order valence-electron chi connectivity index (χ1n) is 5.35. The third-order valence-electron chi connectivity index (χ3n) is 2.70. The van der Waals surface area contributed by atoms with Crippen LogP contribution in [0.2, 0.25) is 0 Å². The standard InChI is InChI=1S/C11H13NO5S/c1-8-2-4-10(5-3-8)18(15,16)12-9(6-13)7-17-11(12)14/h2-5,9,13H,6-7H2,1H3. The third kappa shape index (κ3) is 2.06. The van der Waals surface area contributed by atoms with Gasteiger partial charge < -0.3 is 9.84 Å². The number of carbonyl (C=O) groups is 1. The lowest BCUT2D eigenvalue weighted by Gasteiger charge is -2.19. The van der Waals surface area contributed by atoms with E-state index in [2.05, 4.69) is 4.74 Å². The van der Waals surface area contributed by atoms with Crippen LogP contribution in [0.1, 0.15) is 5.56 Å². The van der Waals surface area contributed by atoms with Crippen molar-refractivity contribution in [2.24, 2.45) is 0 Å². The van der Waals surface area contributed by atoms with Gasteiger partial charge in [0.1, 0.15) is 12.6 Å². The molecule has 1 amide bonds. The summed E-state index contributed by atoms with van der Waals surface area (Å²) in [7, 11) is -3.97. The second kappa shape index (κ2) is 4.58. The average molecular weight is 271 g/mol. The van der Waals surface area contributed by atoms with Gasteiger partial charge in [-0.25, -0.2) is 13.2 Å². The van der Waals surface area contributed by atoms with Crippen molar-refractivity contribution in [1.29, 1.82) is 0 Å². The van der Waals surface area contributed by atoms with E-state index in [-0.39, 0.29) is 11.5 Å². The molecule has 1 aromatic rings. The van der Waals surface area contributed by atoms with E-state index >= 15 is 0 Å². The van der Waals surface area contributed by atoms with Crippen LogP contribution in [-0.2, 0) is 14.8 Å². The monoisotopic (exact) mass is 271 g/mol. The molecule has 1 atom stereocenters. The molecule has 0 radical (unpaired) electrons. The summed E-state index contributed by atoms with van der Waals surface area (Å²) >= 11 is 0. The van der Waals surface area contributed by atoms with Crippen molar-refractivity contribution in [1.82, 2.24) is 4.31 Å². The number of aliphatic hydroxyl groups is 1. The number of sulfonamides is 1. The highest BCUT2D eigenvalue weighted by Gasteiger charge is 2.42. The zero-order valence-corrected chi connectivity index (χ0v) is 10.6. The fourth-order valence-corrected chi connectivity index (χ4v) is 3.17.